The second kappa shape index (κ2) is 10.7. The Hall–Kier alpha value is -0.390. The number of rotatable bonds is 7. The van der Waals surface area contributed by atoms with Crippen LogP contribution in [0.25, 0.3) is 0 Å². The van der Waals surface area contributed by atoms with Crippen LogP contribution in [0.1, 0.15) is 39.3 Å². The first-order valence-corrected chi connectivity index (χ1v) is 10.5. The second-order valence-electron chi connectivity index (χ2n) is 6.34. The fraction of sp³-hybridized carbons (Fsp3) is 0.562. The smallest absolute Gasteiger partial charge is 0.209 e. The molecule has 0 radical (unpaired) electrons. The molecule has 0 aromatic heterocycles. The van der Waals surface area contributed by atoms with Gasteiger partial charge in [0.1, 0.15) is 0 Å². The first-order valence-electron chi connectivity index (χ1n) is 7.82. The lowest BCUT2D eigenvalue weighted by atomic mass is 10.1. The molecule has 1 unspecified atom stereocenters. The van der Waals surface area contributed by atoms with E-state index >= 15 is 0 Å². The van der Waals surface area contributed by atoms with Crippen LogP contribution in [0.5, 0.6) is 0 Å². The highest BCUT2D eigenvalue weighted by Crippen LogP contribution is 2.22. The molecule has 0 fully saturated rings. The van der Waals surface area contributed by atoms with Crippen LogP contribution in [0, 0.1) is 0 Å². The third-order valence-corrected chi connectivity index (χ3v) is 4.81. The lowest BCUT2D eigenvalue weighted by Gasteiger charge is -2.24. The van der Waals surface area contributed by atoms with Gasteiger partial charge in [-0.1, -0.05) is 34.1 Å². The Morgan fingerprint density at radius 1 is 1.32 bits per heavy atom. The summed E-state index contributed by atoms with van der Waals surface area (Å²) in [5.74, 6) is 0.643. The van der Waals surface area contributed by atoms with Gasteiger partial charge in [-0.05, 0) is 39.3 Å². The Kier molecular flexibility index (Phi) is 10.5. The topological polar surface area (TPSA) is 82.6 Å². The van der Waals surface area contributed by atoms with E-state index in [4.69, 9.17) is 0 Å². The Labute approximate surface area is 176 Å². The molecule has 144 valence electrons. The fourth-order valence-electron chi connectivity index (χ4n) is 2.24. The average molecular weight is 547 g/mol. The molecule has 1 atom stereocenters. The highest BCUT2D eigenvalue weighted by atomic mass is 127. The van der Waals surface area contributed by atoms with E-state index in [1.54, 1.807) is 13.8 Å². The number of benzene rings is 1. The van der Waals surface area contributed by atoms with Crippen molar-refractivity contribution in [3.05, 3.63) is 34.3 Å². The van der Waals surface area contributed by atoms with Gasteiger partial charge in [0.05, 0.1) is 18.8 Å². The molecule has 0 spiro atoms. The minimum atomic E-state index is -3.28. The quantitative estimate of drug-likeness (QED) is 0.279. The molecule has 0 aliphatic rings. The van der Waals surface area contributed by atoms with Gasteiger partial charge in [0, 0.05) is 16.6 Å². The van der Waals surface area contributed by atoms with Gasteiger partial charge in [0.15, 0.2) is 5.96 Å². The summed E-state index contributed by atoms with van der Waals surface area (Å²) in [5.41, 5.74) is 0.462. The number of nitrogens with zero attached hydrogens (tertiary/aromatic N) is 1. The molecule has 1 aromatic carbocycles. The summed E-state index contributed by atoms with van der Waals surface area (Å²) >= 11 is 3.55. The molecule has 0 saturated heterocycles. The first-order chi connectivity index (χ1) is 11.0. The molecule has 0 aliphatic heterocycles. The molecule has 6 nitrogen and oxygen atoms in total. The lowest BCUT2D eigenvalue weighted by molar-refractivity contribution is 0.464. The summed E-state index contributed by atoms with van der Waals surface area (Å²) in [7, 11) is -3.28. The molecule has 0 amide bonds. The van der Waals surface area contributed by atoms with Crippen molar-refractivity contribution in [2.24, 2.45) is 4.99 Å². The maximum atomic E-state index is 11.4. The maximum absolute atomic E-state index is 11.4. The summed E-state index contributed by atoms with van der Waals surface area (Å²) in [6.45, 7) is 8.68. The van der Waals surface area contributed by atoms with Crippen molar-refractivity contribution >= 4 is 55.9 Å². The van der Waals surface area contributed by atoms with Gasteiger partial charge in [-0.25, -0.2) is 13.1 Å². The summed E-state index contributed by atoms with van der Waals surface area (Å²) < 4.78 is 26.5. The molecule has 3 N–H and O–H groups in total. The van der Waals surface area contributed by atoms with Gasteiger partial charge in [-0.15, -0.1) is 24.0 Å². The van der Waals surface area contributed by atoms with Crippen LogP contribution in [-0.2, 0) is 10.0 Å². The lowest BCUT2D eigenvalue weighted by Crippen LogP contribution is -2.47. The van der Waals surface area contributed by atoms with Crippen molar-refractivity contribution in [1.82, 2.24) is 15.4 Å². The molecule has 1 rings (SSSR count). The van der Waals surface area contributed by atoms with Crippen molar-refractivity contribution in [2.45, 2.75) is 39.3 Å². The number of sulfonamides is 1. The normalized spacial score (nSPS) is 13.8. The van der Waals surface area contributed by atoms with Crippen LogP contribution in [0.3, 0.4) is 0 Å². The minimum absolute atomic E-state index is 0. The highest BCUT2D eigenvalue weighted by Gasteiger charge is 2.22. The molecular weight excluding hydrogens is 519 g/mol. The zero-order valence-electron chi connectivity index (χ0n) is 15.3. The van der Waals surface area contributed by atoms with Crippen molar-refractivity contribution in [3.63, 3.8) is 0 Å². The van der Waals surface area contributed by atoms with Gasteiger partial charge in [0.2, 0.25) is 10.0 Å². The van der Waals surface area contributed by atoms with Crippen LogP contribution in [0.4, 0.5) is 0 Å². The van der Waals surface area contributed by atoms with Crippen molar-refractivity contribution < 1.29 is 8.42 Å². The Bertz CT molecular complexity index is 680. The van der Waals surface area contributed by atoms with Crippen LogP contribution in [-0.4, -0.2) is 39.3 Å². The van der Waals surface area contributed by atoms with E-state index in [9.17, 15) is 8.42 Å². The van der Waals surface area contributed by atoms with E-state index < -0.39 is 15.6 Å². The van der Waals surface area contributed by atoms with Crippen LogP contribution >= 0.6 is 39.9 Å². The van der Waals surface area contributed by atoms with Gasteiger partial charge in [0.25, 0.3) is 0 Å². The zero-order valence-corrected chi connectivity index (χ0v) is 20.0. The SMILES string of the molecule is CCNC(=NCC(C)(C)NS(C)(=O)=O)NC(C)c1ccccc1Br.I. The molecule has 0 bridgehead atoms. The van der Waals surface area contributed by atoms with Gasteiger partial charge < -0.3 is 10.6 Å². The number of hydrogen-bond acceptors (Lipinski definition) is 3. The molecule has 0 saturated carbocycles. The summed E-state index contributed by atoms with van der Waals surface area (Å²) in [5, 5.41) is 6.53. The Morgan fingerprint density at radius 2 is 1.92 bits per heavy atom. The average Bonchev–Trinajstić information content (AvgIpc) is 2.43. The van der Waals surface area contributed by atoms with Crippen LogP contribution < -0.4 is 15.4 Å². The standard InChI is InChI=1S/C16H27BrN4O2S.HI/c1-6-18-15(19-11-16(3,4)21-24(5,22)23)20-12(2)13-9-7-8-10-14(13)17;/h7-10,12,21H,6,11H2,1-5H3,(H2,18,19,20);1H. The molecular formula is C16H28BrIN4O2S. The summed E-state index contributed by atoms with van der Waals surface area (Å²) in [6.07, 6.45) is 1.15. The number of hydrogen-bond donors (Lipinski definition) is 3. The predicted octanol–water partition coefficient (Wildman–Crippen LogP) is 3.01. The minimum Gasteiger partial charge on any atom is -0.357 e. The molecule has 0 heterocycles. The summed E-state index contributed by atoms with van der Waals surface area (Å²) in [4.78, 5) is 4.52. The van der Waals surface area contributed by atoms with Crippen LogP contribution in [0.2, 0.25) is 0 Å². The third-order valence-electron chi connectivity index (χ3n) is 3.16. The van der Waals surface area contributed by atoms with Crippen molar-refractivity contribution in [3.8, 4) is 0 Å². The monoisotopic (exact) mass is 546 g/mol. The van der Waals surface area contributed by atoms with Crippen LogP contribution in [0.15, 0.2) is 33.7 Å². The molecule has 1 aromatic rings. The van der Waals surface area contributed by atoms with E-state index in [0.717, 1.165) is 16.3 Å². The Balaban J connectivity index is 0.00000576. The van der Waals surface area contributed by atoms with Gasteiger partial charge in [-0.2, -0.15) is 0 Å². The van der Waals surface area contributed by atoms with E-state index in [-0.39, 0.29) is 30.0 Å². The molecule has 9 heteroatoms. The molecule has 25 heavy (non-hydrogen) atoms. The second-order valence-corrected chi connectivity index (χ2v) is 8.94. The zero-order chi connectivity index (χ0) is 18.4. The van der Waals surface area contributed by atoms with E-state index in [2.05, 4.69) is 36.3 Å². The fourth-order valence-corrected chi connectivity index (χ4v) is 3.94. The number of guanidine groups is 1. The Morgan fingerprint density at radius 3 is 2.44 bits per heavy atom. The first kappa shape index (κ1) is 24.6. The van der Waals surface area contributed by atoms with E-state index in [1.807, 2.05) is 38.1 Å². The summed E-state index contributed by atoms with van der Waals surface area (Å²) in [6, 6.07) is 8.04. The third kappa shape index (κ3) is 9.76. The van der Waals surface area contributed by atoms with Crippen molar-refractivity contribution in [1.29, 1.82) is 0 Å². The highest BCUT2D eigenvalue weighted by molar-refractivity contribution is 14.0. The van der Waals surface area contributed by atoms with Crippen molar-refractivity contribution in [2.75, 3.05) is 19.3 Å². The van der Waals surface area contributed by atoms with E-state index in [0.29, 0.717) is 19.0 Å². The number of nitrogens with one attached hydrogen (secondary N) is 3. The van der Waals surface area contributed by atoms with E-state index in [1.165, 1.54) is 0 Å². The predicted molar refractivity (Wildman–Crippen MR) is 119 cm³/mol. The molecule has 0 aliphatic carbocycles. The largest absolute Gasteiger partial charge is 0.357 e. The maximum Gasteiger partial charge on any atom is 0.209 e. The number of halogens is 2. The van der Waals surface area contributed by atoms with Gasteiger partial charge >= 0.3 is 0 Å². The number of aliphatic imine (C=N–C) groups is 1. The van der Waals surface area contributed by atoms with Gasteiger partial charge in [-0.3, -0.25) is 4.99 Å².